The Balaban J connectivity index is 2.05. The van der Waals surface area contributed by atoms with E-state index in [1.54, 1.807) is 0 Å². The van der Waals surface area contributed by atoms with Gasteiger partial charge in [-0.3, -0.25) is 0 Å². The molecule has 140 valence electrons. The molecule has 3 nitrogen and oxygen atoms in total. The maximum absolute atomic E-state index is 14.6. The summed E-state index contributed by atoms with van der Waals surface area (Å²) >= 11 is 0. The molecule has 3 aromatic carbocycles. The van der Waals surface area contributed by atoms with Crippen molar-refractivity contribution < 1.29 is 9.67 Å². The van der Waals surface area contributed by atoms with E-state index in [4.69, 9.17) is 0 Å². The first kappa shape index (κ1) is 19.4. The molecule has 0 bridgehead atoms. The first-order chi connectivity index (χ1) is 13.2. The van der Waals surface area contributed by atoms with E-state index in [2.05, 4.69) is 5.32 Å². The van der Waals surface area contributed by atoms with Gasteiger partial charge in [0.25, 0.3) is 0 Å². The summed E-state index contributed by atoms with van der Waals surface area (Å²) in [7, 11) is -2.93. The number of benzene rings is 3. The van der Waals surface area contributed by atoms with E-state index in [1.807, 2.05) is 91.0 Å². The minimum absolute atomic E-state index is 0.152. The van der Waals surface area contributed by atoms with Gasteiger partial charge in [0, 0.05) is 22.9 Å². The highest BCUT2D eigenvalue weighted by Gasteiger charge is 2.36. The van der Waals surface area contributed by atoms with Gasteiger partial charge in [-0.05, 0) is 31.4 Å². The standard InChI is InChI=1S/C23H26NO2P/c25-19-11-10-18-23(24-20-12-4-1-5-13-20)27(26,21-14-6-2-7-15-21)22-16-8-3-9-17-22/h1-9,12-17,23-25H,10-11,18-19H2. The summed E-state index contributed by atoms with van der Waals surface area (Å²) < 4.78 is 14.6. The molecule has 0 saturated carbocycles. The second-order valence-corrected chi connectivity index (χ2v) is 9.55. The number of rotatable bonds is 9. The largest absolute Gasteiger partial charge is 0.396 e. The molecule has 4 heteroatoms. The molecule has 0 fully saturated rings. The highest BCUT2D eigenvalue weighted by Crippen LogP contribution is 2.50. The molecule has 0 aliphatic carbocycles. The van der Waals surface area contributed by atoms with E-state index < -0.39 is 7.14 Å². The Kier molecular flexibility index (Phi) is 6.86. The van der Waals surface area contributed by atoms with Crippen LogP contribution in [0.2, 0.25) is 0 Å². The predicted molar refractivity (Wildman–Crippen MR) is 115 cm³/mol. The van der Waals surface area contributed by atoms with Crippen LogP contribution in [0.5, 0.6) is 0 Å². The molecule has 3 rings (SSSR count). The summed E-state index contributed by atoms with van der Waals surface area (Å²) in [5, 5.41) is 14.5. The number of nitrogens with one attached hydrogen (secondary N) is 1. The van der Waals surface area contributed by atoms with E-state index in [-0.39, 0.29) is 12.4 Å². The van der Waals surface area contributed by atoms with Crippen LogP contribution in [0.3, 0.4) is 0 Å². The molecule has 0 amide bonds. The zero-order chi connectivity index (χ0) is 19.0. The minimum atomic E-state index is -2.93. The third-order valence-electron chi connectivity index (χ3n) is 4.71. The van der Waals surface area contributed by atoms with Crippen LogP contribution in [0.25, 0.3) is 0 Å². The lowest BCUT2D eigenvalue weighted by Crippen LogP contribution is -2.31. The van der Waals surface area contributed by atoms with Gasteiger partial charge in [0.2, 0.25) is 0 Å². The molecular formula is C23H26NO2P. The Hall–Kier alpha value is -2.35. The minimum Gasteiger partial charge on any atom is -0.396 e. The van der Waals surface area contributed by atoms with E-state index in [0.29, 0.717) is 6.42 Å². The molecule has 3 aromatic rings. The van der Waals surface area contributed by atoms with Crippen LogP contribution in [-0.2, 0) is 4.57 Å². The second-order valence-electron chi connectivity index (χ2n) is 6.57. The summed E-state index contributed by atoms with van der Waals surface area (Å²) in [6.07, 6.45) is 2.23. The van der Waals surface area contributed by atoms with Crippen molar-refractivity contribution in [3.8, 4) is 0 Å². The van der Waals surface area contributed by atoms with Gasteiger partial charge in [0.1, 0.15) is 0 Å². The molecule has 0 heterocycles. The molecule has 1 unspecified atom stereocenters. The maximum Gasteiger partial charge on any atom is 0.164 e. The summed E-state index contributed by atoms with van der Waals surface area (Å²) in [4.78, 5) is 0. The number of para-hydroxylation sites is 1. The first-order valence-corrected chi connectivity index (χ1v) is 11.2. The van der Waals surface area contributed by atoms with Gasteiger partial charge in [0.15, 0.2) is 7.14 Å². The average Bonchev–Trinajstić information content (AvgIpc) is 2.74. The van der Waals surface area contributed by atoms with Gasteiger partial charge < -0.3 is 15.0 Å². The predicted octanol–water partition coefficient (Wildman–Crippen LogP) is 4.60. The van der Waals surface area contributed by atoms with Gasteiger partial charge in [0.05, 0.1) is 5.78 Å². The first-order valence-electron chi connectivity index (χ1n) is 9.38. The van der Waals surface area contributed by atoms with Crippen molar-refractivity contribution in [1.29, 1.82) is 0 Å². The lowest BCUT2D eigenvalue weighted by Gasteiger charge is -2.30. The highest BCUT2D eigenvalue weighted by molar-refractivity contribution is 7.79. The molecule has 0 saturated heterocycles. The fraction of sp³-hybridized carbons (Fsp3) is 0.217. The molecule has 0 radical (unpaired) electrons. The van der Waals surface area contributed by atoms with Gasteiger partial charge in [-0.25, -0.2) is 0 Å². The zero-order valence-electron chi connectivity index (χ0n) is 15.4. The summed E-state index contributed by atoms with van der Waals surface area (Å²) in [6, 6.07) is 29.4. The SMILES string of the molecule is O=P(c1ccccc1)(c1ccccc1)C(CCCCO)Nc1ccccc1. The Labute approximate surface area is 161 Å². The zero-order valence-corrected chi connectivity index (χ0v) is 16.3. The van der Waals surface area contributed by atoms with Crippen LogP contribution in [0.15, 0.2) is 91.0 Å². The van der Waals surface area contributed by atoms with Gasteiger partial charge in [-0.1, -0.05) is 78.9 Å². The molecule has 2 N–H and O–H groups in total. The number of hydrogen-bond donors (Lipinski definition) is 2. The molecule has 0 spiro atoms. The number of aliphatic hydroxyl groups excluding tert-OH is 1. The van der Waals surface area contributed by atoms with E-state index in [1.165, 1.54) is 0 Å². The summed E-state index contributed by atoms with van der Waals surface area (Å²) in [5.41, 5.74) is 0.957. The average molecular weight is 379 g/mol. The van der Waals surface area contributed by atoms with Gasteiger partial charge in [-0.2, -0.15) is 0 Å². The van der Waals surface area contributed by atoms with Crippen LogP contribution in [-0.4, -0.2) is 17.5 Å². The van der Waals surface area contributed by atoms with Crippen molar-refractivity contribution in [2.75, 3.05) is 11.9 Å². The highest BCUT2D eigenvalue weighted by atomic mass is 31.2. The third-order valence-corrected chi connectivity index (χ3v) is 8.11. The van der Waals surface area contributed by atoms with Crippen LogP contribution in [0.4, 0.5) is 5.69 Å². The normalized spacial score (nSPS) is 12.5. The Morgan fingerprint density at radius 1 is 0.741 bits per heavy atom. The quantitative estimate of drug-likeness (QED) is 0.422. The Morgan fingerprint density at radius 2 is 1.22 bits per heavy atom. The van der Waals surface area contributed by atoms with Crippen LogP contribution < -0.4 is 15.9 Å². The number of unbranched alkanes of at least 4 members (excludes halogenated alkanes) is 1. The lowest BCUT2D eigenvalue weighted by molar-refractivity contribution is 0.283. The molecule has 27 heavy (non-hydrogen) atoms. The monoisotopic (exact) mass is 379 g/mol. The molecule has 0 aliphatic heterocycles. The Morgan fingerprint density at radius 3 is 1.70 bits per heavy atom. The molecular weight excluding hydrogens is 353 g/mol. The fourth-order valence-electron chi connectivity index (χ4n) is 3.33. The van der Waals surface area contributed by atoms with Gasteiger partial charge >= 0.3 is 0 Å². The van der Waals surface area contributed by atoms with E-state index in [9.17, 15) is 9.67 Å². The summed E-state index contributed by atoms with van der Waals surface area (Å²) in [5.74, 6) is -0.240. The molecule has 0 aromatic heterocycles. The Bertz CT molecular complexity index is 810. The lowest BCUT2D eigenvalue weighted by atomic mass is 10.2. The smallest absolute Gasteiger partial charge is 0.164 e. The molecule has 1 atom stereocenters. The van der Waals surface area contributed by atoms with Crippen LogP contribution >= 0.6 is 7.14 Å². The molecule has 0 aliphatic rings. The third kappa shape index (κ3) is 4.68. The fourth-order valence-corrected chi connectivity index (χ4v) is 6.45. The van der Waals surface area contributed by atoms with E-state index >= 15 is 0 Å². The van der Waals surface area contributed by atoms with Gasteiger partial charge in [-0.15, -0.1) is 0 Å². The number of anilines is 1. The second kappa shape index (κ2) is 9.55. The van der Waals surface area contributed by atoms with Crippen molar-refractivity contribution >= 4 is 23.4 Å². The van der Waals surface area contributed by atoms with Crippen molar-refractivity contribution in [3.63, 3.8) is 0 Å². The topological polar surface area (TPSA) is 49.3 Å². The van der Waals surface area contributed by atoms with Crippen molar-refractivity contribution in [3.05, 3.63) is 91.0 Å². The maximum atomic E-state index is 14.6. The van der Waals surface area contributed by atoms with Crippen LogP contribution in [0, 0.1) is 0 Å². The van der Waals surface area contributed by atoms with E-state index in [0.717, 1.165) is 29.1 Å². The summed E-state index contributed by atoms with van der Waals surface area (Å²) in [6.45, 7) is 0.152. The van der Waals surface area contributed by atoms with Crippen LogP contribution in [0.1, 0.15) is 19.3 Å². The van der Waals surface area contributed by atoms with Crippen molar-refractivity contribution in [2.24, 2.45) is 0 Å². The number of hydrogen-bond acceptors (Lipinski definition) is 3. The number of aliphatic hydroxyl groups is 1. The van der Waals surface area contributed by atoms with Crippen molar-refractivity contribution in [1.82, 2.24) is 0 Å². The van der Waals surface area contributed by atoms with Crippen molar-refractivity contribution in [2.45, 2.75) is 25.0 Å².